The van der Waals surface area contributed by atoms with Crippen LogP contribution in [0.1, 0.15) is 43.5 Å². The first kappa shape index (κ1) is 20.2. The molecule has 1 fully saturated rings. The van der Waals surface area contributed by atoms with Gasteiger partial charge in [0.2, 0.25) is 0 Å². The van der Waals surface area contributed by atoms with Crippen LogP contribution < -0.4 is 0 Å². The lowest BCUT2D eigenvalue weighted by Gasteiger charge is -2.32. The van der Waals surface area contributed by atoms with E-state index in [1.807, 2.05) is 47.4 Å². The van der Waals surface area contributed by atoms with E-state index in [9.17, 15) is 9.59 Å². The molecule has 0 bridgehead atoms. The summed E-state index contributed by atoms with van der Waals surface area (Å²) in [4.78, 5) is 36.3. The summed E-state index contributed by atoms with van der Waals surface area (Å²) in [5, 5.41) is 1.04. The molecule has 5 nitrogen and oxygen atoms in total. The number of likely N-dealkylation sites (tertiary alicyclic amines) is 1. The molecule has 0 unspecified atom stereocenters. The largest absolute Gasteiger partial charge is 0.338 e. The first-order chi connectivity index (χ1) is 14.5. The van der Waals surface area contributed by atoms with Crippen molar-refractivity contribution in [3.63, 3.8) is 0 Å². The van der Waals surface area contributed by atoms with E-state index in [2.05, 4.69) is 23.8 Å². The summed E-state index contributed by atoms with van der Waals surface area (Å²) >= 11 is 0. The first-order valence-electron chi connectivity index (χ1n) is 10.6. The second kappa shape index (κ2) is 8.74. The van der Waals surface area contributed by atoms with Gasteiger partial charge in [-0.05, 0) is 43.0 Å². The monoisotopic (exact) mass is 401 g/mol. The number of piperidine rings is 1. The van der Waals surface area contributed by atoms with E-state index >= 15 is 0 Å². The molecular formula is C25H27N3O2. The third-order valence-corrected chi connectivity index (χ3v) is 5.71. The number of nitrogens with zero attached hydrogens (tertiary/aromatic N) is 3. The van der Waals surface area contributed by atoms with Gasteiger partial charge in [-0.15, -0.1) is 0 Å². The molecule has 2 aromatic heterocycles. The van der Waals surface area contributed by atoms with E-state index in [0.29, 0.717) is 31.0 Å². The van der Waals surface area contributed by atoms with Gasteiger partial charge in [0.15, 0.2) is 0 Å². The van der Waals surface area contributed by atoms with Gasteiger partial charge in [0.1, 0.15) is 5.78 Å². The van der Waals surface area contributed by atoms with Crippen LogP contribution in [0.15, 0.2) is 54.9 Å². The van der Waals surface area contributed by atoms with Gasteiger partial charge in [-0.2, -0.15) is 0 Å². The smallest absolute Gasteiger partial charge is 0.255 e. The Hall–Kier alpha value is -3.08. The van der Waals surface area contributed by atoms with Gasteiger partial charge in [0.05, 0.1) is 16.8 Å². The molecule has 3 heterocycles. The fourth-order valence-electron chi connectivity index (χ4n) is 4.18. The second-order valence-corrected chi connectivity index (χ2v) is 8.46. The lowest BCUT2D eigenvalue weighted by atomic mass is 9.89. The van der Waals surface area contributed by atoms with Crippen molar-refractivity contribution in [2.45, 2.75) is 33.1 Å². The lowest BCUT2D eigenvalue weighted by molar-refractivity contribution is -0.124. The average Bonchev–Trinajstić information content (AvgIpc) is 2.78. The number of hydrogen-bond acceptors (Lipinski definition) is 4. The fourth-order valence-corrected chi connectivity index (χ4v) is 4.18. The summed E-state index contributed by atoms with van der Waals surface area (Å²) in [6.45, 7) is 5.33. The van der Waals surface area contributed by atoms with Gasteiger partial charge in [-0.3, -0.25) is 19.6 Å². The quantitative estimate of drug-likeness (QED) is 0.618. The van der Waals surface area contributed by atoms with Crippen LogP contribution in [0.2, 0.25) is 0 Å². The maximum absolute atomic E-state index is 13.0. The van der Waals surface area contributed by atoms with Gasteiger partial charge in [0.25, 0.3) is 5.91 Å². The van der Waals surface area contributed by atoms with Gasteiger partial charge in [0, 0.05) is 48.8 Å². The highest BCUT2D eigenvalue weighted by molar-refractivity contribution is 5.96. The zero-order valence-electron chi connectivity index (χ0n) is 17.5. The van der Waals surface area contributed by atoms with Crippen LogP contribution in [0.5, 0.6) is 0 Å². The number of pyridine rings is 2. The van der Waals surface area contributed by atoms with Crippen molar-refractivity contribution in [1.29, 1.82) is 0 Å². The standard InChI is InChI=1S/C25H27N3O2/c1-17(2)14-24(29)19-6-5-13-28(16-19)25(30)18-10-11-23(27-15-18)20-7-3-9-22-21(20)8-4-12-26-22/h3-4,7-12,15,17,19H,5-6,13-14,16H2,1-2H3/t19-/m1/s1. The molecule has 154 valence electrons. The molecule has 1 amide bonds. The number of ketones is 1. The fraction of sp³-hybridized carbons (Fsp3) is 0.360. The number of benzene rings is 1. The molecule has 4 rings (SSSR count). The molecular weight excluding hydrogens is 374 g/mol. The Balaban J connectivity index is 1.51. The summed E-state index contributed by atoms with van der Waals surface area (Å²) in [5.41, 5.74) is 3.29. The zero-order valence-corrected chi connectivity index (χ0v) is 17.5. The number of hydrogen-bond donors (Lipinski definition) is 0. The summed E-state index contributed by atoms with van der Waals surface area (Å²) in [5.74, 6) is 0.543. The Morgan fingerprint density at radius 3 is 2.73 bits per heavy atom. The number of fused-ring (bicyclic) bond motifs is 1. The number of rotatable bonds is 5. The number of carbonyl (C=O) groups excluding carboxylic acids is 2. The summed E-state index contributed by atoms with van der Waals surface area (Å²) in [6.07, 6.45) is 5.75. The van der Waals surface area contributed by atoms with E-state index in [1.54, 1.807) is 12.4 Å². The molecule has 0 spiro atoms. The Labute approximate surface area is 177 Å². The molecule has 1 aliphatic rings. The molecule has 0 saturated carbocycles. The van der Waals surface area contributed by atoms with Crippen molar-refractivity contribution in [1.82, 2.24) is 14.9 Å². The van der Waals surface area contributed by atoms with Crippen molar-refractivity contribution in [3.8, 4) is 11.3 Å². The molecule has 30 heavy (non-hydrogen) atoms. The normalized spacial score (nSPS) is 16.8. The minimum Gasteiger partial charge on any atom is -0.338 e. The zero-order chi connectivity index (χ0) is 21.1. The first-order valence-corrected chi connectivity index (χ1v) is 10.6. The number of Topliss-reactive ketones (excluding diaryl/α,β-unsaturated/α-hetero) is 1. The van der Waals surface area contributed by atoms with Crippen molar-refractivity contribution >= 4 is 22.6 Å². The maximum atomic E-state index is 13.0. The van der Waals surface area contributed by atoms with Crippen molar-refractivity contribution in [3.05, 3.63) is 60.4 Å². The summed E-state index contributed by atoms with van der Waals surface area (Å²) < 4.78 is 0. The van der Waals surface area contributed by atoms with Gasteiger partial charge in [-0.25, -0.2) is 0 Å². The molecule has 0 aliphatic carbocycles. The van der Waals surface area contributed by atoms with Crippen molar-refractivity contribution in [2.24, 2.45) is 11.8 Å². The molecule has 0 N–H and O–H groups in total. The van der Waals surface area contributed by atoms with E-state index < -0.39 is 0 Å². The Bertz CT molecular complexity index is 1050. The predicted octanol–water partition coefficient (Wildman–Crippen LogP) is 4.76. The van der Waals surface area contributed by atoms with Crippen LogP contribution >= 0.6 is 0 Å². The Morgan fingerprint density at radius 1 is 1.10 bits per heavy atom. The van der Waals surface area contributed by atoms with Crippen molar-refractivity contribution in [2.75, 3.05) is 13.1 Å². The van der Waals surface area contributed by atoms with Gasteiger partial charge >= 0.3 is 0 Å². The molecule has 5 heteroatoms. The van der Waals surface area contributed by atoms with E-state index in [-0.39, 0.29) is 17.6 Å². The van der Waals surface area contributed by atoms with Gasteiger partial charge in [-0.1, -0.05) is 32.0 Å². The highest BCUT2D eigenvalue weighted by Gasteiger charge is 2.29. The van der Waals surface area contributed by atoms with Crippen LogP contribution in [0.3, 0.4) is 0 Å². The SMILES string of the molecule is CC(C)CC(=O)[C@@H]1CCCN(C(=O)c2ccc(-c3cccc4ncccc34)nc2)C1. The average molecular weight is 402 g/mol. The Kier molecular flexibility index (Phi) is 5.88. The molecule has 1 aromatic carbocycles. The molecule has 0 radical (unpaired) electrons. The van der Waals surface area contributed by atoms with Crippen LogP contribution in [-0.4, -0.2) is 39.6 Å². The molecule has 1 atom stereocenters. The minimum atomic E-state index is -0.0457. The van der Waals surface area contributed by atoms with E-state index in [4.69, 9.17) is 0 Å². The van der Waals surface area contributed by atoms with Crippen LogP contribution in [0, 0.1) is 11.8 Å². The highest BCUT2D eigenvalue weighted by Crippen LogP contribution is 2.27. The number of amides is 1. The molecule has 1 aliphatic heterocycles. The van der Waals surface area contributed by atoms with E-state index in [0.717, 1.165) is 35.0 Å². The van der Waals surface area contributed by atoms with Crippen molar-refractivity contribution < 1.29 is 9.59 Å². The summed E-state index contributed by atoms with van der Waals surface area (Å²) in [7, 11) is 0. The predicted molar refractivity (Wildman–Crippen MR) is 118 cm³/mol. The third kappa shape index (κ3) is 4.25. The third-order valence-electron chi connectivity index (χ3n) is 5.71. The van der Waals surface area contributed by atoms with Gasteiger partial charge < -0.3 is 4.90 Å². The minimum absolute atomic E-state index is 0.0412. The topological polar surface area (TPSA) is 63.2 Å². The summed E-state index contributed by atoms with van der Waals surface area (Å²) in [6, 6.07) is 13.6. The van der Waals surface area contributed by atoms with Crippen LogP contribution in [0.4, 0.5) is 0 Å². The lowest BCUT2D eigenvalue weighted by Crippen LogP contribution is -2.42. The maximum Gasteiger partial charge on any atom is 0.255 e. The second-order valence-electron chi connectivity index (χ2n) is 8.46. The van der Waals surface area contributed by atoms with Crippen LogP contribution in [-0.2, 0) is 4.79 Å². The van der Waals surface area contributed by atoms with Crippen LogP contribution in [0.25, 0.3) is 22.2 Å². The highest BCUT2D eigenvalue weighted by atomic mass is 16.2. The number of aromatic nitrogens is 2. The molecule has 1 saturated heterocycles. The molecule has 3 aromatic rings. The number of carbonyl (C=O) groups is 2. The van der Waals surface area contributed by atoms with E-state index in [1.165, 1.54) is 0 Å². The Morgan fingerprint density at radius 2 is 1.97 bits per heavy atom.